The highest BCUT2D eigenvalue weighted by Crippen LogP contribution is 2.29. The fourth-order valence-electron chi connectivity index (χ4n) is 4.08. The second-order valence-corrected chi connectivity index (χ2v) is 11.6. The molecule has 0 radical (unpaired) electrons. The molecule has 7 nitrogen and oxygen atoms in total. The minimum absolute atomic E-state index is 0.0810. The average molecular weight is 563 g/mol. The van der Waals surface area contributed by atoms with Gasteiger partial charge in [-0.05, 0) is 71.1 Å². The fourth-order valence-corrected chi connectivity index (χ4v) is 4.85. The van der Waals surface area contributed by atoms with Crippen molar-refractivity contribution in [1.82, 2.24) is 4.98 Å². The molecule has 0 amide bonds. The summed E-state index contributed by atoms with van der Waals surface area (Å²) in [7, 11) is -3.44. The van der Waals surface area contributed by atoms with E-state index in [4.69, 9.17) is 16.7 Å². The maximum atomic E-state index is 12.4. The normalized spacial score (nSPS) is 11.2. The van der Waals surface area contributed by atoms with E-state index in [2.05, 4.69) is 10.3 Å². The van der Waals surface area contributed by atoms with Crippen LogP contribution in [-0.2, 0) is 21.2 Å². The third-order valence-corrected chi connectivity index (χ3v) is 7.57. The van der Waals surface area contributed by atoms with Gasteiger partial charge in [-0.3, -0.25) is 14.6 Å². The molecule has 0 bridgehead atoms. The number of sulfone groups is 1. The summed E-state index contributed by atoms with van der Waals surface area (Å²) in [5.41, 5.74) is 5.44. The van der Waals surface area contributed by atoms with E-state index in [0.717, 1.165) is 28.6 Å². The number of anilines is 1. The van der Waals surface area contributed by atoms with Crippen molar-refractivity contribution in [2.24, 2.45) is 0 Å². The van der Waals surface area contributed by atoms with Crippen molar-refractivity contribution in [3.05, 3.63) is 101 Å². The van der Waals surface area contributed by atoms with Gasteiger partial charge in [0.15, 0.2) is 15.6 Å². The number of carboxylic acid groups (broad SMARTS) is 1. The van der Waals surface area contributed by atoms with Crippen molar-refractivity contribution in [1.29, 1.82) is 0 Å². The lowest BCUT2D eigenvalue weighted by molar-refractivity contribution is -0.137. The third-order valence-electron chi connectivity index (χ3n) is 6.21. The zero-order valence-electron chi connectivity index (χ0n) is 21.2. The molecule has 200 valence electrons. The number of carbonyl (C=O) groups excluding carboxylic acids is 1. The van der Waals surface area contributed by atoms with Crippen molar-refractivity contribution >= 4 is 38.9 Å². The highest BCUT2D eigenvalue weighted by molar-refractivity contribution is 7.90. The Morgan fingerprint density at radius 3 is 2.10 bits per heavy atom. The van der Waals surface area contributed by atoms with Crippen molar-refractivity contribution in [3.63, 3.8) is 0 Å². The van der Waals surface area contributed by atoms with Gasteiger partial charge in [0, 0.05) is 48.1 Å². The Morgan fingerprint density at radius 1 is 0.872 bits per heavy atom. The Hall–Kier alpha value is -4.01. The number of ketones is 1. The molecular formula is C30H27ClN2O5S. The van der Waals surface area contributed by atoms with Crippen LogP contribution < -0.4 is 5.32 Å². The van der Waals surface area contributed by atoms with Gasteiger partial charge in [-0.15, -0.1) is 0 Å². The zero-order valence-corrected chi connectivity index (χ0v) is 22.8. The number of hydrogen-bond acceptors (Lipinski definition) is 6. The van der Waals surface area contributed by atoms with Crippen molar-refractivity contribution in [2.75, 3.05) is 11.6 Å². The highest BCUT2D eigenvalue weighted by atomic mass is 35.5. The lowest BCUT2D eigenvalue weighted by atomic mass is 10.00. The van der Waals surface area contributed by atoms with Gasteiger partial charge in [0.25, 0.3) is 0 Å². The maximum absolute atomic E-state index is 12.4. The van der Waals surface area contributed by atoms with Crippen molar-refractivity contribution < 1.29 is 23.1 Å². The first kappa shape index (κ1) is 28.0. The van der Waals surface area contributed by atoms with Gasteiger partial charge in [0.05, 0.1) is 4.90 Å². The number of nitrogens with zero attached hydrogens (tertiary/aromatic N) is 1. The van der Waals surface area contributed by atoms with Gasteiger partial charge < -0.3 is 10.4 Å². The number of benzene rings is 3. The molecule has 2 N–H and O–H groups in total. The molecular weight excluding hydrogens is 536 g/mol. The molecule has 3 aromatic carbocycles. The molecule has 0 spiro atoms. The topological polar surface area (TPSA) is 113 Å². The average Bonchev–Trinajstić information content (AvgIpc) is 2.92. The zero-order chi connectivity index (χ0) is 28.0. The SMILES string of the molecule is CS(=O)(=O)c1ccc(CNc2ccc(-c3ccc(Cl)cc3)cc2)c(-c2ccc(C(=O)CCCC(=O)O)nc2)c1. The lowest BCUT2D eigenvalue weighted by Crippen LogP contribution is -2.06. The third kappa shape index (κ3) is 7.52. The van der Waals surface area contributed by atoms with E-state index in [1.54, 1.807) is 30.3 Å². The molecule has 1 heterocycles. The summed E-state index contributed by atoms with van der Waals surface area (Å²) >= 11 is 5.98. The second kappa shape index (κ2) is 12.2. The Balaban J connectivity index is 1.54. The van der Waals surface area contributed by atoms with Crippen LogP contribution in [0.15, 0.2) is 90.0 Å². The first-order valence-electron chi connectivity index (χ1n) is 12.2. The number of Topliss-reactive ketones (excluding diaryl/α,β-unsaturated/α-hetero) is 1. The highest BCUT2D eigenvalue weighted by Gasteiger charge is 2.15. The summed E-state index contributed by atoms with van der Waals surface area (Å²) in [6.07, 6.45) is 2.95. The smallest absolute Gasteiger partial charge is 0.303 e. The van der Waals surface area contributed by atoms with Crippen LogP contribution >= 0.6 is 11.6 Å². The molecule has 0 aliphatic heterocycles. The van der Waals surface area contributed by atoms with Gasteiger partial charge in [0.1, 0.15) is 5.69 Å². The Morgan fingerprint density at radius 2 is 1.51 bits per heavy atom. The van der Waals surface area contributed by atoms with E-state index in [-0.39, 0.29) is 35.6 Å². The minimum Gasteiger partial charge on any atom is -0.481 e. The number of aromatic nitrogens is 1. The summed E-state index contributed by atoms with van der Waals surface area (Å²) in [6, 6.07) is 23.9. The molecule has 0 aliphatic carbocycles. The van der Waals surface area contributed by atoms with Crippen molar-refractivity contribution in [2.45, 2.75) is 30.7 Å². The molecule has 1 aromatic heterocycles. The molecule has 0 unspecified atom stereocenters. The predicted molar refractivity (Wildman–Crippen MR) is 153 cm³/mol. The van der Waals surface area contributed by atoms with E-state index in [0.29, 0.717) is 22.7 Å². The Bertz CT molecular complexity index is 1580. The lowest BCUT2D eigenvalue weighted by Gasteiger charge is -2.14. The monoisotopic (exact) mass is 562 g/mol. The summed E-state index contributed by atoms with van der Waals surface area (Å²) < 4.78 is 24.5. The van der Waals surface area contributed by atoms with Crippen LogP contribution in [0.3, 0.4) is 0 Å². The maximum Gasteiger partial charge on any atom is 0.303 e. The molecule has 39 heavy (non-hydrogen) atoms. The van der Waals surface area contributed by atoms with Gasteiger partial charge in [-0.1, -0.05) is 48.0 Å². The molecule has 4 rings (SSSR count). The minimum atomic E-state index is -3.44. The predicted octanol–water partition coefficient (Wildman–Crippen LogP) is 6.52. The number of aliphatic carboxylic acids is 1. The number of carbonyl (C=O) groups is 2. The second-order valence-electron chi connectivity index (χ2n) is 9.13. The summed E-state index contributed by atoms with van der Waals surface area (Å²) in [6.45, 7) is 0.426. The standard InChI is InChI=1S/C30H27ClN2O5S/c1-39(37,38)26-15-9-22(18-32-25-13-7-21(8-14-25)20-5-11-24(31)12-6-20)27(17-26)23-10-16-28(33-19-23)29(34)3-2-4-30(35)36/h5-17,19,32H,2-4,18H2,1H3,(H,35,36). The van der Waals surface area contributed by atoms with Crippen LogP contribution in [0.25, 0.3) is 22.3 Å². The van der Waals surface area contributed by atoms with Gasteiger partial charge in [-0.2, -0.15) is 0 Å². The quantitative estimate of drug-likeness (QED) is 0.200. The van der Waals surface area contributed by atoms with Crippen LogP contribution in [-0.4, -0.2) is 36.5 Å². The molecule has 0 saturated heterocycles. The Labute approximate surface area is 232 Å². The summed E-state index contributed by atoms with van der Waals surface area (Å²) in [4.78, 5) is 27.5. The summed E-state index contributed by atoms with van der Waals surface area (Å²) in [5, 5.41) is 12.8. The molecule has 0 aliphatic rings. The van der Waals surface area contributed by atoms with Gasteiger partial charge in [0.2, 0.25) is 0 Å². The van der Waals surface area contributed by atoms with E-state index < -0.39 is 15.8 Å². The van der Waals surface area contributed by atoms with E-state index in [9.17, 15) is 18.0 Å². The first-order chi connectivity index (χ1) is 18.6. The molecule has 0 saturated carbocycles. The van der Waals surface area contributed by atoms with Crippen molar-refractivity contribution in [3.8, 4) is 22.3 Å². The largest absolute Gasteiger partial charge is 0.481 e. The van der Waals surface area contributed by atoms with Crippen LogP contribution in [0.5, 0.6) is 0 Å². The van der Waals surface area contributed by atoms with Crippen LogP contribution in [0.1, 0.15) is 35.3 Å². The van der Waals surface area contributed by atoms with E-state index in [1.807, 2.05) is 48.5 Å². The summed E-state index contributed by atoms with van der Waals surface area (Å²) in [5.74, 6) is -1.19. The first-order valence-corrected chi connectivity index (χ1v) is 14.5. The van der Waals surface area contributed by atoms with Crippen LogP contribution in [0.4, 0.5) is 5.69 Å². The molecule has 0 atom stereocenters. The number of hydrogen-bond donors (Lipinski definition) is 2. The van der Waals surface area contributed by atoms with E-state index in [1.165, 1.54) is 6.20 Å². The van der Waals surface area contributed by atoms with Crippen LogP contribution in [0.2, 0.25) is 5.02 Å². The fraction of sp³-hybridized carbons (Fsp3) is 0.167. The molecule has 4 aromatic rings. The number of carboxylic acids is 1. The van der Waals surface area contributed by atoms with E-state index >= 15 is 0 Å². The Kier molecular flexibility index (Phi) is 8.79. The number of rotatable bonds is 11. The molecule has 9 heteroatoms. The number of nitrogens with one attached hydrogen (secondary N) is 1. The van der Waals surface area contributed by atoms with Gasteiger partial charge >= 0.3 is 5.97 Å². The number of pyridine rings is 1. The number of halogens is 1. The molecule has 0 fully saturated rings. The van der Waals surface area contributed by atoms with Crippen LogP contribution in [0, 0.1) is 0 Å². The van der Waals surface area contributed by atoms with Gasteiger partial charge in [-0.25, -0.2) is 8.42 Å².